The van der Waals surface area contributed by atoms with E-state index in [0.717, 1.165) is 41.3 Å². The summed E-state index contributed by atoms with van der Waals surface area (Å²) in [5.74, 6) is 0.0781. The minimum absolute atomic E-state index is 0.0781. The number of amides is 1. The zero-order chi connectivity index (χ0) is 15.6. The molecule has 1 saturated carbocycles. The summed E-state index contributed by atoms with van der Waals surface area (Å²) in [6, 6.07) is 7.62. The van der Waals surface area contributed by atoms with Gasteiger partial charge in [0.1, 0.15) is 10.0 Å². The molecule has 0 radical (unpaired) electrons. The Morgan fingerprint density at radius 2 is 1.95 bits per heavy atom. The van der Waals surface area contributed by atoms with E-state index in [2.05, 4.69) is 15.5 Å². The number of nitrogens with zero attached hydrogens (tertiary/aromatic N) is 2. The molecule has 1 amide bonds. The topological polar surface area (TPSA) is 54.9 Å². The van der Waals surface area contributed by atoms with Crippen LogP contribution in [0, 0.1) is 0 Å². The highest BCUT2D eigenvalue weighted by Crippen LogP contribution is 2.44. The van der Waals surface area contributed by atoms with Crippen LogP contribution in [0.5, 0.6) is 0 Å². The van der Waals surface area contributed by atoms with E-state index in [0.29, 0.717) is 11.6 Å². The van der Waals surface area contributed by atoms with Gasteiger partial charge in [-0.2, -0.15) is 0 Å². The normalized spacial score (nSPS) is 16.1. The highest BCUT2D eigenvalue weighted by molar-refractivity contribution is 7.11. The van der Waals surface area contributed by atoms with E-state index in [1.54, 1.807) is 11.3 Å². The molecule has 2 aromatic rings. The Bertz CT molecular complexity index is 664. The predicted molar refractivity (Wildman–Crippen MR) is 88.1 cm³/mol. The van der Waals surface area contributed by atoms with Gasteiger partial charge in [0, 0.05) is 5.02 Å². The first-order valence-corrected chi connectivity index (χ1v) is 8.69. The van der Waals surface area contributed by atoms with Gasteiger partial charge in [-0.15, -0.1) is 10.2 Å². The minimum Gasteiger partial charge on any atom is -0.349 e. The van der Waals surface area contributed by atoms with E-state index in [1.807, 2.05) is 31.2 Å². The lowest BCUT2D eigenvalue weighted by atomic mass is 9.64. The van der Waals surface area contributed by atoms with Crippen LogP contribution in [0.4, 0.5) is 0 Å². The number of benzene rings is 1. The summed E-state index contributed by atoms with van der Waals surface area (Å²) in [7, 11) is 0. The standard InChI is InChI=1S/C16H18ClN3OS/c1-2-13-19-20-14(22-13)10-18-15(21)16(8-3-9-16)11-4-6-12(17)7-5-11/h4-7H,2-3,8-10H2,1H3,(H,18,21). The van der Waals surface area contributed by atoms with E-state index >= 15 is 0 Å². The van der Waals surface area contributed by atoms with Gasteiger partial charge in [0.05, 0.1) is 12.0 Å². The van der Waals surface area contributed by atoms with E-state index in [4.69, 9.17) is 11.6 Å². The Hall–Kier alpha value is -1.46. The van der Waals surface area contributed by atoms with Crippen LogP contribution in [-0.4, -0.2) is 16.1 Å². The molecule has 1 N–H and O–H groups in total. The van der Waals surface area contributed by atoms with Crippen LogP contribution in [0.15, 0.2) is 24.3 Å². The second kappa shape index (κ2) is 6.34. The van der Waals surface area contributed by atoms with E-state index in [9.17, 15) is 4.79 Å². The van der Waals surface area contributed by atoms with Gasteiger partial charge in [0.25, 0.3) is 0 Å². The summed E-state index contributed by atoms with van der Waals surface area (Å²) < 4.78 is 0. The molecular formula is C16H18ClN3OS. The third kappa shape index (κ3) is 2.88. The van der Waals surface area contributed by atoms with Crippen LogP contribution < -0.4 is 5.32 Å². The van der Waals surface area contributed by atoms with Gasteiger partial charge in [0.2, 0.25) is 5.91 Å². The zero-order valence-electron chi connectivity index (χ0n) is 12.4. The van der Waals surface area contributed by atoms with Crippen LogP contribution in [0.25, 0.3) is 0 Å². The van der Waals surface area contributed by atoms with Crippen molar-refractivity contribution in [2.75, 3.05) is 0 Å². The van der Waals surface area contributed by atoms with Crippen LogP contribution in [0.3, 0.4) is 0 Å². The molecule has 3 rings (SSSR count). The quantitative estimate of drug-likeness (QED) is 0.910. The summed E-state index contributed by atoms with van der Waals surface area (Å²) >= 11 is 7.50. The van der Waals surface area contributed by atoms with Crippen molar-refractivity contribution in [3.05, 3.63) is 44.9 Å². The summed E-state index contributed by atoms with van der Waals surface area (Å²) in [6.07, 6.45) is 3.72. The van der Waals surface area contributed by atoms with Crippen molar-refractivity contribution in [3.63, 3.8) is 0 Å². The van der Waals surface area contributed by atoms with Crippen molar-refractivity contribution < 1.29 is 4.79 Å². The molecule has 1 aromatic carbocycles. The van der Waals surface area contributed by atoms with Crippen molar-refractivity contribution in [2.45, 2.75) is 44.6 Å². The first-order chi connectivity index (χ1) is 10.6. The number of halogens is 1. The number of hydrogen-bond acceptors (Lipinski definition) is 4. The number of hydrogen-bond donors (Lipinski definition) is 1. The number of aryl methyl sites for hydroxylation is 1. The molecule has 1 heterocycles. The number of rotatable bonds is 5. The molecule has 0 unspecified atom stereocenters. The lowest BCUT2D eigenvalue weighted by Gasteiger charge is -2.40. The minimum atomic E-state index is -0.400. The van der Waals surface area contributed by atoms with Gasteiger partial charge in [-0.3, -0.25) is 4.79 Å². The van der Waals surface area contributed by atoms with Crippen molar-refractivity contribution in [2.24, 2.45) is 0 Å². The Morgan fingerprint density at radius 3 is 2.50 bits per heavy atom. The smallest absolute Gasteiger partial charge is 0.231 e. The largest absolute Gasteiger partial charge is 0.349 e. The Kier molecular flexibility index (Phi) is 4.45. The monoisotopic (exact) mass is 335 g/mol. The molecule has 6 heteroatoms. The highest BCUT2D eigenvalue weighted by Gasteiger charge is 2.45. The Labute approximate surface area is 138 Å². The molecule has 0 aliphatic heterocycles. The molecule has 116 valence electrons. The molecular weight excluding hydrogens is 318 g/mol. The molecule has 0 bridgehead atoms. The van der Waals surface area contributed by atoms with E-state index < -0.39 is 5.41 Å². The summed E-state index contributed by atoms with van der Waals surface area (Å²) in [6.45, 7) is 2.50. The second-order valence-corrected chi connectivity index (χ2v) is 7.15. The number of nitrogens with one attached hydrogen (secondary N) is 1. The molecule has 22 heavy (non-hydrogen) atoms. The maximum absolute atomic E-state index is 12.7. The zero-order valence-corrected chi connectivity index (χ0v) is 14.0. The number of carbonyl (C=O) groups excluding carboxylic acids is 1. The third-order valence-electron chi connectivity index (χ3n) is 4.25. The van der Waals surface area contributed by atoms with Crippen molar-refractivity contribution in [1.29, 1.82) is 0 Å². The second-order valence-electron chi connectivity index (χ2n) is 5.57. The fourth-order valence-corrected chi connectivity index (χ4v) is 3.62. The van der Waals surface area contributed by atoms with Crippen LogP contribution in [0.2, 0.25) is 5.02 Å². The highest BCUT2D eigenvalue weighted by atomic mass is 35.5. The number of aromatic nitrogens is 2. The maximum Gasteiger partial charge on any atom is 0.231 e. The maximum atomic E-state index is 12.7. The molecule has 0 atom stereocenters. The van der Waals surface area contributed by atoms with Gasteiger partial charge in [-0.05, 0) is 37.0 Å². The first-order valence-electron chi connectivity index (χ1n) is 7.49. The lowest BCUT2D eigenvalue weighted by molar-refractivity contribution is -0.130. The van der Waals surface area contributed by atoms with E-state index in [-0.39, 0.29) is 5.91 Å². The molecule has 1 aromatic heterocycles. The molecule has 0 spiro atoms. The molecule has 4 nitrogen and oxygen atoms in total. The SMILES string of the molecule is CCc1nnc(CNC(=O)C2(c3ccc(Cl)cc3)CCC2)s1. The lowest BCUT2D eigenvalue weighted by Crippen LogP contribution is -2.48. The molecule has 1 fully saturated rings. The van der Waals surface area contributed by atoms with E-state index in [1.165, 1.54) is 0 Å². The molecule has 1 aliphatic carbocycles. The van der Waals surface area contributed by atoms with Crippen LogP contribution in [-0.2, 0) is 23.2 Å². The van der Waals surface area contributed by atoms with Crippen LogP contribution >= 0.6 is 22.9 Å². The van der Waals surface area contributed by atoms with Gasteiger partial charge < -0.3 is 5.32 Å². The van der Waals surface area contributed by atoms with Gasteiger partial charge in [-0.25, -0.2) is 0 Å². The summed E-state index contributed by atoms with van der Waals surface area (Å²) in [5, 5.41) is 13.8. The van der Waals surface area contributed by atoms with Gasteiger partial charge in [0.15, 0.2) is 0 Å². The first kappa shape index (κ1) is 15.4. The van der Waals surface area contributed by atoms with Crippen molar-refractivity contribution in [3.8, 4) is 0 Å². The van der Waals surface area contributed by atoms with Gasteiger partial charge in [-0.1, -0.05) is 48.4 Å². The fraction of sp³-hybridized carbons (Fsp3) is 0.438. The third-order valence-corrected chi connectivity index (χ3v) is 5.57. The Balaban J connectivity index is 1.70. The molecule has 0 saturated heterocycles. The fourth-order valence-electron chi connectivity index (χ4n) is 2.77. The van der Waals surface area contributed by atoms with Gasteiger partial charge >= 0.3 is 0 Å². The van der Waals surface area contributed by atoms with Crippen molar-refractivity contribution in [1.82, 2.24) is 15.5 Å². The summed E-state index contributed by atoms with van der Waals surface area (Å²) in [5.41, 5.74) is 0.648. The average Bonchev–Trinajstić information content (AvgIpc) is 2.94. The summed E-state index contributed by atoms with van der Waals surface area (Å²) in [4.78, 5) is 12.7. The predicted octanol–water partition coefficient (Wildman–Crippen LogP) is 3.49. The number of carbonyl (C=O) groups is 1. The van der Waals surface area contributed by atoms with Crippen molar-refractivity contribution >= 4 is 28.8 Å². The molecule has 1 aliphatic rings. The average molecular weight is 336 g/mol. The van der Waals surface area contributed by atoms with Crippen LogP contribution in [0.1, 0.15) is 41.8 Å². The Morgan fingerprint density at radius 1 is 1.27 bits per heavy atom.